The lowest BCUT2D eigenvalue weighted by Gasteiger charge is -2.05. The first-order valence-electron chi connectivity index (χ1n) is 6.83. The molecule has 2 aromatic carbocycles. The Hall–Kier alpha value is -2.48. The number of nitrogens with zero attached hydrogens (tertiary/aromatic N) is 3. The van der Waals surface area contributed by atoms with Crippen molar-refractivity contribution < 1.29 is 0 Å². The minimum absolute atomic E-state index is 0.229. The number of rotatable bonds is 2. The van der Waals surface area contributed by atoms with Crippen LogP contribution in [0.5, 0.6) is 0 Å². The van der Waals surface area contributed by atoms with Crippen LogP contribution in [0.2, 0.25) is 10.0 Å². The van der Waals surface area contributed by atoms with E-state index >= 15 is 0 Å². The van der Waals surface area contributed by atoms with E-state index in [1.165, 1.54) is 4.68 Å². The van der Waals surface area contributed by atoms with E-state index in [-0.39, 0.29) is 11.4 Å². The predicted molar refractivity (Wildman–Crippen MR) is 92.9 cm³/mol. The molecule has 114 valence electrons. The molecule has 0 unspecified atom stereocenters. The summed E-state index contributed by atoms with van der Waals surface area (Å²) in [4.78, 5) is 0. The molecule has 3 rings (SSSR count). The lowest BCUT2D eigenvalue weighted by atomic mass is 10.1. The van der Waals surface area contributed by atoms with E-state index in [4.69, 9.17) is 28.9 Å². The van der Waals surface area contributed by atoms with Crippen molar-refractivity contribution >= 4 is 29.0 Å². The van der Waals surface area contributed by atoms with E-state index in [1.54, 1.807) is 12.1 Å². The number of benzene rings is 2. The summed E-state index contributed by atoms with van der Waals surface area (Å²) in [6.07, 6.45) is 0. The molecule has 0 aliphatic rings. The van der Waals surface area contributed by atoms with Crippen molar-refractivity contribution in [1.29, 1.82) is 5.26 Å². The first kappa shape index (κ1) is 15.4. The molecular formula is C17H12Cl2N4. The number of hydrogen-bond donors (Lipinski definition) is 1. The largest absolute Gasteiger partial charge is 0.382 e. The number of aromatic nitrogens is 2. The number of hydrogen-bond acceptors (Lipinski definition) is 3. The number of halogens is 2. The van der Waals surface area contributed by atoms with Crippen LogP contribution in [-0.4, -0.2) is 9.78 Å². The van der Waals surface area contributed by atoms with Crippen molar-refractivity contribution in [3.8, 4) is 23.0 Å². The molecule has 6 heteroatoms. The molecule has 4 nitrogen and oxygen atoms in total. The lowest BCUT2D eigenvalue weighted by molar-refractivity contribution is 0.895. The van der Waals surface area contributed by atoms with Crippen LogP contribution in [0.1, 0.15) is 11.1 Å². The minimum atomic E-state index is 0.229. The maximum absolute atomic E-state index is 9.48. The summed E-state index contributed by atoms with van der Waals surface area (Å²) in [5.74, 6) is 0.229. The molecule has 0 aliphatic heterocycles. The smallest absolute Gasteiger partial charge is 0.145 e. The number of nitrogen functional groups attached to an aromatic ring is 1. The van der Waals surface area contributed by atoms with Crippen LogP contribution in [0.3, 0.4) is 0 Å². The molecule has 1 heterocycles. The number of nitriles is 1. The first-order valence-corrected chi connectivity index (χ1v) is 7.58. The summed E-state index contributed by atoms with van der Waals surface area (Å²) in [5.41, 5.74) is 9.11. The molecule has 0 amide bonds. The summed E-state index contributed by atoms with van der Waals surface area (Å²) in [5, 5.41) is 15.0. The van der Waals surface area contributed by atoms with E-state index in [0.717, 1.165) is 5.56 Å². The third kappa shape index (κ3) is 2.65. The lowest BCUT2D eigenvalue weighted by Crippen LogP contribution is -2.02. The van der Waals surface area contributed by atoms with Gasteiger partial charge in [0.05, 0.1) is 15.7 Å². The van der Waals surface area contributed by atoms with E-state index in [2.05, 4.69) is 11.2 Å². The zero-order chi connectivity index (χ0) is 16.6. The number of anilines is 1. The van der Waals surface area contributed by atoms with Gasteiger partial charge in [0.15, 0.2) is 0 Å². The van der Waals surface area contributed by atoms with Gasteiger partial charge in [-0.05, 0) is 30.7 Å². The van der Waals surface area contributed by atoms with Crippen LogP contribution in [0.4, 0.5) is 5.82 Å². The maximum Gasteiger partial charge on any atom is 0.145 e. The molecule has 0 spiro atoms. The first-order chi connectivity index (χ1) is 11.0. The van der Waals surface area contributed by atoms with E-state index < -0.39 is 0 Å². The molecule has 23 heavy (non-hydrogen) atoms. The third-order valence-electron chi connectivity index (χ3n) is 3.49. The number of aryl methyl sites for hydroxylation is 1. The van der Waals surface area contributed by atoms with Gasteiger partial charge in [-0.3, -0.25) is 0 Å². The van der Waals surface area contributed by atoms with Crippen molar-refractivity contribution in [2.45, 2.75) is 6.92 Å². The molecule has 0 atom stereocenters. The summed E-state index contributed by atoms with van der Waals surface area (Å²) >= 11 is 12.5. The Kier molecular flexibility index (Phi) is 3.99. The monoisotopic (exact) mass is 342 g/mol. The molecule has 0 saturated heterocycles. The van der Waals surface area contributed by atoms with Crippen LogP contribution >= 0.6 is 23.2 Å². The van der Waals surface area contributed by atoms with Gasteiger partial charge in [-0.15, -0.1) is 0 Å². The van der Waals surface area contributed by atoms with E-state index in [9.17, 15) is 5.26 Å². The van der Waals surface area contributed by atoms with Crippen LogP contribution in [-0.2, 0) is 0 Å². The van der Waals surface area contributed by atoms with Gasteiger partial charge >= 0.3 is 0 Å². The number of para-hydroxylation sites is 1. The molecule has 1 aromatic heterocycles. The highest BCUT2D eigenvalue weighted by atomic mass is 35.5. The van der Waals surface area contributed by atoms with Gasteiger partial charge in [0.1, 0.15) is 23.1 Å². The van der Waals surface area contributed by atoms with Gasteiger partial charge in [-0.1, -0.05) is 47.5 Å². The molecule has 0 radical (unpaired) electrons. The van der Waals surface area contributed by atoms with Gasteiger partial charge in [0.25, 0.3) is 0 Å². The van der Waals surface area contributed by atoms with Crippen LogP contribution in [0.15, 0.2) is 42.5 Å². The van der Waals surface area contributed by atoms with Crippen LogP contribution in [0.25, 0.3) is 16.9 Å². The van der Waals surface area contributed by atoms with Gasteiger partial charge < -0.3 is 5.73 Å². The zero-order valence-corrected chi connectivity index (χ0v) is 13.7. The highest BCUT2D eigenvalue weighted by molar-refractivity contribution is 6.33. The Labute approximate surface area is 143 Å². The summed E-state index contributed by atoms with van der Waals surface area (Å²) in [6, 6.07) is 14.8. The summed E-state index contributed by atoms with van der Waals surface area (Å²) < 4.78 is 1.46. The molecule has 0 fully saturated rings. The standard InChI is InChI=1S/C17H12Cl2N4/c1-10-6-7-11(14(19)8-10)16-12(9-20)17(21)23(22-16)15-5-3-2-4-13(15)18/h2-8H,21H2,1H3. The van der Waals surface area contributed by atoms with E-state index in [0.29, 0.717) is 27.0 Å². The maximum atomic E-state index is 9.48. The number of nitrogens with two attached hydrogens (primary N) is 1. The Morgan fingerprint density at radius 1 is 1.13 bits per heavy atom. The molecular weight excluding hydrogens is 331 g/mol. The summed E-state index contributed by atoms with van der Waals surface area (Å²) in [6.45, 7) is 1.94. The SMILES string of the molecule is Cc1ccc(-c2nn(-c3ccccc3Cl)c(N)c2C#N)c(Cl)c1. The highest BCUT2D eigenvalue weighted by Crippen LogP contribution is 2.34. The molecule has 0 aliphatic carbocycles. The summed E-state index contributed by atoms with van der Waals surface area (Å²) in [7, 11) is 0. The quantitative estimate of drug-likeness (QED) is 0.739. The third-order valence-corrected chi connectivity index (χ3v) is 4.13. The minimum Gasteiger partial charge on any atom is -0.382 e. The molecule has 3 aromatic rings. The van der Waals surface area contributed by atoms with Gasteiger partial charge in [0.2, 0.25) is 0 Å². The second-order valence-electron chi connectivity index (χ2n) is 5.07. The van der Waals surface area contributed by atoms with Crippen molar-refractivity contribution in [2.24, 2.45) is 0 Å². The van der Waals surface area contributed by atoms with Gasteiger partial charge in [-0.2, -0.15) is 10.4 Å². The van der Waals surface area contributed by atoms with E-state index in [1.807, 2.05) is 37.3 Å². The topological polar surface area (TPSA) is 67.6 Å². The normalized spacial score (nSPS) is 10.5. The highest BCUT2D eigenvalue weighted by Gasteiger charge is 2.20. The fourth-order valence-electron chi connectivity index (χ4n) is 2.35. The molecule has 0 bridgehead atoms. The van der Waals surface area contributed by atoms with Crippen LogP contribution < -0.4 is 5.73 Å². The van der Waals surface area contributed by atoms with Crippen molar-refractivity contribution in [3.05, 3.63) is 63.6 Å². The zero-order valence-electron chi connectivity index (χ0n) is 12.2. The fraction of sp³-hybridized carbons (Fsp3) is 0.0588. The Morgan fingerprint density at radius 2 is 1.87 bits per heavy atom. The van der Waals surface area contributed by atoms with Gasteiger partial charge in [0, 0.05) is 5.56 Å². The Morgan fingerprint density at radius 3 is 2.52 bits per heavy atom. The second-order valence-corrected chi connectivity index (χ2v) is 5.88. The Bertz CT molecular complexity index is 938. The van der Waals surface area contributed by atoms with Crippen molar-refractivity contribution in [1.82, 2.24) is 9.78 Å². The molecule has 2 N–H and O–H groups in total. The molecule has 0 saturated carbocycles. The van der Waals surface area contributed by atoms with Crippen molar-refractivity contribution in [2.75, 3.05) is 5.73 Å². The van der Waals surface area contributed by atoms with Gasteiger partial charge in [-0.25, -0.2) is 4.68 Å². The predicted octanol–water partition coefficient (Wildman–Crippen LogP) is 4.61. The second kappa shape index (κ2) is 5.96. The van der Waals surface area contributed by atoms with Crippen molar-refractivity contribution in [3.63, 3.8) is 0 Å². The average Bonchev–Trinajstić information content (AvgIpc) is 2.84. The Balaban J connectivity index is 2.26. The average molecular weight is 343 g/mol. The van der Waals surface area contributed by atoms with Crippen LogP contribution in [0, 0.1) is 18.3 Å². The fourth-order valence-corrected chi connectivity index (χ4v) is 2.89.